The van der Waals surface area contributed by atoms with Gasteiger partial charge in [-0.15, -0.1) is 11.8 Å². The van der Waals surface area contributed by atoms with Crippen LogP contribution in [0.3, 0.4) is 0 Å². The maximum Gasteiger partial charge on any atom is 0.414 e. The van der Waals surface area contributed by atoms with Crippen molar-refractivity contribution < 1.29 is 32.6 Å². The topological polar surface area (TPSA) is 146 Å². The minimum absolute atomic E-state index is 0.102. The van der Waals surface area contributed by atoms with Gasteiger partial charge in [-0.3, -0.25) is 15.1 Å². The number of thioether (sulfide) groups is 1. The van der Waals surface area contributed by atoms with Crippen LogP contribution < -0.4 is 14.4 Å². The van der Waals surface area contributed by atoms with E-state index in [0.717, 1.165) is 6.92 Å². The Balaban J connectivity index is 1.92. The Labute approximate surface area is 236 Å². The lowest BCUT2D eigenvalue weighted by Crippen LogP contribution is -2.64. The van der Waals surface area contributed by atoms with Crippen molar-refractivity contribution >= 4 is 56.2 Å². The Hall–Kier alpha value is -3.68. The predicted octanol–water partition coefficient (Wildman–Crippen LogP) is 3.34. The molecule has 2 atom stereocenters. The number of carbonyl (C=O) groups is 3. The van der Waals surface area contributed by atoms with E-state index < -0.39 is 44.3 Å². The second-order valence-electron chi connectivity index (χ2n) is 10.3. The molecule has 1 fully saturated rings. The van der Waals surface area contributed by atoms with Gasteiger partial charge in [0.25, 0.3) is 10.0 Å². The lowest BCUT2D eigenvalue weighted by molar-refractivity contribution is -0.147. The van der Waals surface area contributed by atoms with Gasteiger partial charge in [-0.2, -0.15) is 0 Å². The third-order valence-electron chi connectivity index (χ3n) is 6.43. The third-order valence-corrected chi connectivity index (χ3v) is 9.92. The fraction of sp³-hybridized carbons (Fsp3) is 0.333. The summed E-state index contributed by atoms with van der Waals surface area (Å²) in [4.78, 5) is 44.1. The number of para-hydroxylation sites is 1. The predicted molar refractivity (Wildman–Crippen MR) is 152 cm³/mol. The first-order chi connectivity index (χ1) is 18.7. The molecule has 4 rings (SSSR count). The summed E-state index contributed by atoms with van der Waals surface area (Å²) >= 11 is 1.22. The van der Waals surface area contributed by atoms with E-state index in [4.69, 9.17) is 4.74 Å². The van der Waals surface area contributed by atoms with Crippen LogP contribution in [0, 0.1) is 0 Å². The van der Waals surface area contributed by atoms with Crippen molar-refractivity contribution in [3.05, 3.63) is 60.8 Å². The number of Topliss-reactive ketones (excluding diaryl/α,β-unsaturated/α-hetero) is 1. The number of carboxylic acid groups (broad SMARTS) is 1. The Morgan fingerprint density at radius 2 is 1.75 bits per heavy atom. The number of nitrogens with one attached hydrogen (secondary N) is 1. The first-order valence-electron chi connectivity index (χ1n) is 12.2. The van der Waals surface area contributed by atoms with Crippen molar-refractivity contribution in [3.8, 4) is 5.75 Å². The highest BCUT2D eigenvalue weighted by atomic mass is 32.2. The van der Waals surface area contributed by atoms with E-state index in [1.54, 1.807) is 18.2 Å². The average Bonchev–Trinajstić information content (AvgIpc) is 3.27. The fourth-order valence-electron chi connectivity index (χ4n) is 4.28. The molecular weight excluding hydrogens is 556 g/mol. The zero-order chi connectivity index (χ0) is 29.5. The Bertz CT molecular complexity index is 1570. The monoisotopic (exact) mass is 586 g/mol. The molecule has 1 aliphatic rings. The van der Waals surface area contributed by atoms with Gasteiger partial charge >= 0.3 is 12.1 Å². The van der Waals surface area contributed by atoms with Crippen LogP contribution in [0.15, 0.2) is 65.7 Å². The van der Waals surface area contributed by atoms with Gasteiger partial charge in [0.2, 0.25) is 5.54 Å². The molecule has 1 aromatic heterocycles. The van der Waals surface area contributed by atoms with Crippen LogP contribution in [0.2, 0.25) is 0 Å². The first-order valence-corrected chi connectivity index (χ1v) is 14.7. The van der Waals surface area contributed by atoms with Crippen molar-refractivity contribution in [2.45, 2.75) is 42.1 Å². The van der Waals surface area contributed by atoms with Gasteiger partial charge in [0.1, 0.15) is 16.0 Å². The van der Waals surface area contributed by atoms with Crippen molar-refractivity contribution in [2.75, 3.05) is 24.2 Å². The highest BCUT2D eigenvalue weighted by molar-refractivity contribution is 8.01. The largest absolute Gasteiger partial charge is 0.479 e. The first kappa shape index (κ1) is 29.3. The third kappa shape index (κ3) is 5.36. The zero-order valence-electron chi connectivity index (χ0n) is 22.6. The van der Waals surface area contributed by atoms with E-state index in [-0.39, 0.29) is 21.8 Å². The van der Waals surface area contributed by atoms with Gasteiger partial charge < -0.3 is 14.7 Å². The molecule has 40 heavy (non-hydrogen) atoms. The summed E-state index contributed by atoms with van der Waals surface area (Å²) in [6, 6.07) is 13.1. The van der Waals surface area contributed by atoms with Crippen molar-refractivity contribution in [1.82, 2.24) is 15.2 Å². The number of carbonyl (C=O) groups excluding carboxylic acids is 2. The normalized spacial score (nSPS) is 18.1. The van der Waals surface area contributed by atoms with Gasteiger partial charge in [-0.1, -0.05) is 18.2 Å². The number of ketones is 1. The summed E-state index contributed by atoms with van der Waals surface area (Å²) in [5, 5.41) is 13.2. The molecule has 0 aliphatic carbocycles. The van der Waals surface area contributed by atoms with Crippen LogP contribution >= 0.6 is 11.8 Å². The number of aromatic nitrogens is 1. The Morgan fingerprint density at radius 1 is 1.10 bits per heavy atom. The van der Waals surface area contributed by atoms with Crippen LogP contribution in [0.25, 0.3) is 10.9 Å². The SMILES string of the molecule is CN(C)C(=O)Oc1ccc(N([C@@](C)(C(=O)O)C(=O)[C@H]2NC(C)(C)CS2)S(=O)(=O)c2cccc3cccnc23)cc1. The van der Waals surface area contributed by atoms with Crippen molar-refractivity contribution in [1.29, 1.82) is 0 Å². The highest BCUT2D eigenvalue weighted by Gasteiger charge is 2.56. The number of hydrogen-bond acceptors (Lipinski definition) is 9. The molecule has 0 saturated carbocycles. The summed E-state index contributed by atoms with van der Waals surface area (Å²) < 4.78 is 34.8. The molecule has 0 bridgehead atoms. The van der Waals surface area contributed by atoms with Crippen LogP contribution in [-0.2, 0) is 19.6 Å². The minimum atomic E-state index is -4.72. The number of anilines is 1. The quantitative estimate of drug-likeness (QED) is 0.377. The summed E-state index contributed by atoms with van der Waals surface area (Å²) in [5.74, 6) is -1.87. The van der Waals surface area contributed by atoms with Gasteiger partial charge in [0.05, 0.1) is 11.2 Å². The van der Waals surface area contributed by atoms with Gasteiger partial charge in [-0.25, -0.2) is 22.3 Å². The number of amides is 1. The van der Waals surface area contributed by atoms with E-state index >= 15 is 0 Å². The highest BCUT2D eigenvalue weighted by Crippen LogP contribution is 2.38. The smallest absolute Gasteiger partial charge is 0.414 e. The van der Waals surface area contributed by atoms with Crippen LogP contribution in [-0.4, -0.2) is 77.6 Å². The average molecular weight is 587 g/mol. The Kier molecular flexibility index (Phi) is 7.85. The number of ether oxygens (including phenoxy) is 1. The Morgan fingerprint density at radius 3 is 2.33 bits per heavy atom. The maximum atomic E-state index is 14.4. The molecule has 1 amide bonds. The van der Waals surface area contributed by atoms with Gasteiger partial charge in [0, 0.05) is 37.0 Å². The minimum Gasteiger partial charge on any atom is -0.479 e. The summed E-state index contributed by atoms with van der Waals surface area (Å²) in [5.41, 5.74) is -3.02. The molecule has 2 heterocycles. The molecule has 0 unspecified atom stereocenters. The van der Waals surface area contributed by atoms with E-state index in [9.17, 15) is 27.9 Å². The maximum absolute atomic E-state index is 14.4. The summed E-state index contributed by atoms with van der Waals surface area (Å²) in [6.07, 6.45) is 0.777. The molecule has 1 saturated heterocycles. The van der Waals surface area contributed by atoms with Crippen molar-refractivity contribution in [3.63, 3.8) is 0 Å². The zero-order valence-corrected chi connectivity index (χ0v) is 24.2. The number of benzene rings is 2. The molecule has 2 aromatic carbocycles. The summed E-state index contributed by atoms with van der Waals surface area (Å²) in [6.45, 7) is 4.83. The number of carboxylic acids is 1. The van der Waals surface area contributed by atoms with E-state index in [1.165, 1.54) is 73.4 Å². The fourth-order valence-corrected chi connectivity index (χ4v) is 7.64. The van der Waals surface area contributed by atoms with Crippen LogP contribution in [0.1, 0.15) is 20.8 Å². The van der Waals surface area contributed by atoms with Crippen LogP contribution in [0.4, 0.5) is 10.5 Å². The number of sulfonamides is 1. The van der Waals surface area contributed by atoms with Crippen LogP contribution in [0.5, 0.6) is 5.75 Å². The van der Waals surface area contributed by atoms with Crippen molar-refractivity contribution in [2.24, 2.45) is 0 Å². The molecule has 0 spiro atoms. The lowest BCUT2D eigenvalue weighted by Gasteiger charge is -2.38. The number of aliphatic carboxylic acids is 1. The molecule has 2 N–H and O–H groups in total. The molecule has 11 nitrogen and oxygen atoms in total. The molecule has 13 heteroatoms. The molecule has 1 aliphatic heterocycles. The molecular formula is C27H30N4O7S2. The molecule has 0 radical (unpaired) electrons. The number of nitrogens with zero attached hydrogens (tertiary/aromatic N) is 3. The van der Waals surface area contributed by atoms with Gasteiger partial charge in [-0.05, 0) is 57.2 Å². The summed E-state index contributed by atoms with van der Waals surface area (Å²) in [7, 11) is -1.71. The molecule has 3 aromatic rings. The lowest BCUT2D eigenvalue weighted by atomic mass is 9.94. The number of fused-ring (bicyclic) bond motifs is 1. The molecule has 212 valence electrons. The second kappa shape index (κ2) is 10.7. The van der Waals surface area contributed by atoms with Gasteiger partial charge in [0.15, 0.2) is 5.78 Å². The number of pyridine rings is 1. The standard InChI is InChI=1S/C27H30N4O7S2/c1-26(2)16-39-23(29-26)22(32)27(3,24(33)34)31(18-11-13-19(14-12-18)38-25(35)30(4)5)40(36,37)20-10-6-8-17-9-7-15-28-21(17)20/h6-15,23,29H,16H2,1-5H3,(H,33,34)/t23-,27+/m0/s1. The van der Waals surface area contributed by atoms with E-state index in [0.29, 0.717) is 15.4 Å². The number of rotatable bonds is 8. The number of hydrogen-bond donors (Lipinski definition) is 2. The van der Waals surface area contributed by atoms with E-state index in [2.05, 4.69) is 10.3 Å². The van der Waals surface area contributed by atoms with E-state index in [1.807, 2.05) is 13.8 Å². The second-order valence-corrected chi connectivity index (χ2v) is 13.2.